The number of hydrogen-bond acceptors (Lipinski definition) is 4. The second kappa shape index (κ2) is 4.81. The third-order valence-corrected chi connectivity index (χ3v) is 2.76. The fourth-order valence-corrected chi connectivity index (χ4v) is 2.12. The molecule has 0 fully saturated rings. The minimum Gasteiger partial charge on any atom is -0.240 e. The summed E-state index contributed by atoms with van der Waals surface area (Å²) in [6.45, 7) is 1.67. The molecule has 0 aliphatic heterocycles. The average molecular weight is 292 g/mol. The molecule has 0 N–H and O–H groups in total. The topological polar surface area (TPSA) is 64.8 Å². The molecule has 5 nitrogen and oxygen atoms in total. The van der Waals surface area contributed by atoms with Gasteiger partial charge in [0.05, 0.1) is 0 Å². The van der Waals surface area contributed by atoms with Crippen molar-refractivity contribution in [1.82, 2.24) is 15.0 Å². The van der Waals surface area contributed by atoms with Crippen molar-refractivity contribution in [3.63, 3.8) is 0 Å². The molecule has 0 atom stereocenters. The Morgan fingerprint density at radius 3 is 2.41 bits per heavy atom. The van der Waals surface area contributed by atoms with Gasteiger partial charge < -0.3 is 0 Å². The maximum atomic E-state index is 12.7. The molecule has 0 unspecified atom stereocenters. The molecule has 0 aromatic carbocycles. The van der Waals surface area contributed by atoms with Crippen molar-refractivity contribution in [1.29, 1.82) is 0 Å². The van der Waals surface area contributed by atoms with Crippen molar-refractivity contribution >= 4 is 19.7 Å². The number of nitrogens with zero attached hydrogens (tertiary/aromatic N) is 3. The second-order valence-corrected chi connectivity index (χ2v) is 6.07. The van der Waals surface area contributed by atoms with E-state index in [1.807, 2.05) is 0 Å². The van der Waals surface area contributed by atoms with Crippen LogP contribution in [0.2, 0.25) is 0 Å². The first-order chi connectivity index (χ1) is 7.65. The summed E-state index contributed by atoms with van der Waals surface area (Å²) in [5, 5.41) is 6.50. The Morgan fingerprint density at radius 2 is 2.00 bits per heavy atom. The number of halogens is 4. The van der Waals surface area contributed by atoms with Crippen LogP contribution in [0.5, 0.6) is 0 Å². The highest BCUT2D eigenvalue weighted by Gasteiger charge is 2.40. The number of aromatic nitrogens is 3. The van der Waals surface area contributed by atoms with Crippen molar-refractivity contribution in [2.45, 2.75) is 31.8 Å². The summed E-state index contributed by atoms with van der Waals surface area (Å²) < 4.78 is 60.3. The Labute approximate surface area is 100.0 Å². The van der Waals surface area contributed by atoms with Crippen LogP contribution in [-0.4, -0.2) is 23.4 Å². The van der Waals surface area contributed by atoms with Gasteiger partial charge in [0.1, 0.15) is 11.4 Å². The number of rotatable bonds is 4. The lowest BCUT2D eigenvalue weighted by molar-refractivity contribution is -0.144. The highest BCUT2D eigenvalue weighted by atomic mass is 35.7. The monoisotopic (exact) mass is 291 g/mol. The zero-order valence-electron chi connectivity index (χ0n) is 8.70. The summed E-state index contributed by atoms with van der Waals surface area (Å²) in [6.07, 6.45) is -4.30. The summed E-state index contributed by atoms with van der Waals surface area (Å²) in [4.78, 5) is 0. The first kappa shape index (κ1) is 14.2. The smallest absolute Gasteiger partial charge is 0.240 e. The Kier molecular flexibility index (Phi) is 4.03. The molecule has 1 rings (SSSR count). The molecule has 98 valence electrons. The Morgan fingerprint density at radius 1 is 1.41 bits per heavy atom. The third kappa shape index (κ3) is 3.84. The van der Waals surface area contributed by atoms with Gasteiger partial charge in [-0.15, -0.1) is 5.10 Å². The van der Waals surface area contributed by atoms with Crippen LogP contribution in [-0.2, 0) is 27.5 Å². The molecule has 0 saturated heterocycles. The van der Waals surface area contributed by atoms with Crippen LogP contribution in [0.3, 0.4) is 0 Å². The van der Waals surface area contributed by atoms with Crippen LogP contribution in [0.25, 0.3) is 0 Å². The number of alkyl halides is 3. The Bertz CT molecular complexity index is 497. The first-order valence-electron chi connectivity index (χ1n) is 4.57. The predicted molar refractivity (Wildman–Crippen MR) is 53.8 cm³/mol. The van der Waals surface area contributed by atoms with E-state index >= 15 is 0 Å². The van der Waals surface area contributed by atoms with E-state index in [9.17, 15) is 21.6 Å². The zero-order valence-corrected chi connectivity index (χ0v) is 10.3. The van der Waals surface area contributed by atoms with Crippen molar-refractivity contribution in [2.75, 3.05) is 0 Å². The molecule has 10 heteroatoms. The zero-order chi connectivity index (χ0) is 13.3. The van der Waals surface area contributed by atoms with Gasteiger partial charge in [-0.25, -0.2) is 13.1 Å². The van der Waals surface area contributed by atoms with E-state index in [4.69, 9.17) is 10.7 Å². The SMILES string of the molecule is CCCn1nnc(CS(=O)(=O)Cl)c1C(F)(F)F. The lowest BCUT2D eigenvalue weighted by atomic mass is 10.3. The summed E-state index contributed by atoms with van der Waals surface area (Å²) in [5.41, 5.74) is -1.84. The molecule has 1 aromatic rings. The molecule has 0 spiro atoms. The van der Waals surface area contributed by atoms with Gasteiger partial charge in [-0.3, -0.25) is 0 Å². The van der Waals surface area contributed by atoms with Gasteiger partial charge in [-0.1, -0.05) is 12.1 Å². The van der Waals surface area contributed by atoms with Crippen molar-refractivity contribution < 1.29 is 21.6 Å². The minimum absolute atomic E-state index is 0.00414. The molecule has 0 bridgehead atoms. The molecule has 0 amide bonds. The molecule has 0 aliphatic rings. The van der Waals surface area contributed by atoms with E-state index in [1.54, 1.807) is 6.92 Å². The van der Waals surface area contributed by atoms with E-state index in [2.05, 4.69) is 10.3 Å². The summed E-state index contributed by atoms with van der Waals surface area (Å²) in [7, 11) is 0.799. The van der Waals surface area contributed by atoms with Gasteiger partial charge in [0.25, 0.3) is 0 Å². The van der Waals surface area contributed by atoms with Gasteiger partial charge in [-0.2, -0.15) is 13.2 Å². The average Bonchev–Trinajstić information content (AvgIpc) is 2.44. The highest BCUT2D eigenvalue weighted by Crippen LogP contribution is 2.32. The van der Waals surface area contributed by atoms with E-state index in [0.717, 1.165) is 0 Å². The lowest BCUT2D eigenvalue weighted by Crippen LogP contribution is -2.17. The Hall–Kier alpha value is -0.830. The summed E-state index contributed by atoms with van der Waals surface area (Å²) in [6, 6.07) is 0. The maximum Gasteiger partial charge on any atom is 0.434 e. The normalized spacial score (nSPS) is 13.0. The molecule has 0 saturated carbocycles. The van der Waals surface area contributed by atoms with Crippen LogP contribution in [0, 0.1) is 0 Å². The van der Waals surface area contributed by atoms with Crippen molar-refractivity contribution in [3.05, 3.63) is 11.4 Å². The standard InChI is InChI=1S/C7H9ClF3N3O2S/c1-2-3-14-6(7(9,10)11)5(12-13-14)4-17(8,15)16/h2-4H2,1H3. The van der Waals surface area contributed by atoms with Gasteiger partial charge in [0, 0.05) is 17.2 Å². The van der Waals surface area contributed by atoms with Crippen LogP contribution in [0.15, 0.2) is 0 Å². The van der Waals surface area contributed by atoms with E-state index < -0.39 is 32.4 Å². The van der Waals surface area contributed by atoms with Crippen LogP contribution in [0.1, 0.15) is 24.7 Å². The van der Waals surface area contributed by atoms with Gasteiger partial charge in [0.2, 0.25) is 9.05 Å². The largest absolute Gasteiger partial charge is 0.434 e. The first-order valence-corrected chi connectivity index (χ1v) is 7.05. The van der Waals surface area contributed by atoms with Gasteiger partial charge in [-0.05, 0) is 6.42 Å². The molecular weight excluding hydrogens is 283 g/mol. The van der Waals surface area contributed by atoms with Gasteiger partial charge in [0.15, 0.2) is 5.69 Å². The molecule has 1 heterocycles. The quantitative estimate of drug-likeness (QED) is 0.793. The molecule has 1 aromatic heterocycles. The molecule has 0 aliphatic carbocycles. The van der Waals surface area contributed by atoms with Crippen LogP contribution >= 0.6 is 10.7 Å². The van der Waals surface area contributed by atoms with E-state index in [-0.39, 0.29) is 6.54 Å². The van der Waals surface area contributed by atoms with Crippen LogP contribution < -0.4 is 0 Å². The second-order valence-electron chi connectivity index (χ2n) is 3.29. The summed E-state index contributed by atoms with van der Waals surface area (Å²) in [5.74, 6) is -0.993. The molecule has 17 heavy (non-hydrogen) atoms. The fraction of sp³-hybridized carbons (Fsp3) is 0.714. The van der Waals surface area contributed by atoms with Crippen LogP contribution in [0.4, 0.5) is 13.2 Å². The Balaban J connectivity index is 3.23. The van der Waals surface area contributed by atoms with E-state index in [1.165, 1.54) is 0 Å². The highest BCUT2D eigenvalue weighted by molar-refractivity contribution is 8.13. The summed E-state index contributed by atoms with van der Waals surface area (Å²) >= 11 is 0. The predicted octanol–water partition coefficient (Wildman–Crippen LogP) is 1.78. The molecule has 0 radical (unpaired) electrons. The number of hydrogen-bond donors (Lipinski definition) is 0. The van der Waals surface area contributed by atoms with Crippen molar-refractivity contribution in [2.24, 2.45) is 0 Å². The lowest BCUT2D eigenvalue weighted by Gasteiger charge is -2.09. The van der Waals surface area contributed by atoms with E-state index in [0.29, 0.717) is 11.1 Å². The minimum atomic E-state index is -4.71. The maximum absolute atomic E-state index is 12.7. The third-order valence-electron chi connectivity index (χ3n) is 1.82. The fourth-order valence-electron chi connectivity index (χ4n) is 1.29. The van der Waals surface area contributed by atoms with Gasteiger partial charge >= 0.3 is 6.18 Å². The molecular formula is C7H9ClF3N3O2S. The number of aryl methyl sites for hydroxylation is 1. The van der Waals surface area contributed by atoms with Crippen molar-refractivity contribution in [3.8, 4) is 0 Å².